The Labute approximate surface area is 120 Å². The van der Waals surface area contributed by atoms with Gasteiger partial charge in [-0.3, -0.25) is 9.89 Å². The maximum absolute atomic E-state index is 12.4. The molecule has 1 aliphatic carbocycles. The molecule has 1 aliphatic rings. The van der Waals surface area contributed by atoms with Crippen LogP contribution in [0.25, 0.3) is 0 Å². The van der Waals surface area contributed by atoms with Crippen molar-refractivity contribution in [3.8, 4) is 0 Å². The number of amides is 1. The Kier molecular flexibility index (Phi) is 4.48. The van der Waals surface area contributed by atoms with Gasteiger partial charge < -0.3 is 11.1 Å². The van der Waals surface area contributed by atoms with Gasteiger partial charge >= 0.3 is 0 Å². The molecule has 0 aromatic carbocycles. The van der Waals surface area contributed by atoms with E-state index in [0.717, 1.165) is 25.0 Å². The number of nitrogens with one attached hydrogen (secondary N) is 2. The van der Waals surface area contributed by atoms with E-state index in [1.807, 2.05) is 6.07 Å². The van der Waals surface area contributed by atoms with Crippen molar-refractivity contribution in [2.24, 2.45) is 17.6 Å². The summed E-state index contributed by atoms with van der Waals surface area (Å²) in [7, 11) is 0. The number of nitrogens with zero attached hydrogens (tertiary/aromatic N) is 1. The van der Waals surface area contributed by atoms with E-state index in [2.05, 4.69) is 36.3 Å². The summed E-state index contributed by atoms with van der Waals surface area (Å²) in [5, 5.41) is 10.1. The van der Waals surface area contributed by atoms with E-state index < -0.39 is 0 Å². The number of rotatable bonds is 3. The van der Waals surface area contributed by atoms with Gasteiger partial charge in [-0.25, -0.2) is 0 Å². The molecule has 0 spiro atoms. The third-order valence-corrected chi connectivity index (χ3v) is 4.19. The third kappa shape index (κ3) is 3.39. The highest BCUT2D eigenvalue weighted by Gasteiger charge is 2.30. The van der Waals surface area contributed by atoms with Gasteiger partial charge in [0.1, 0.15) is 0 Å². The highest BCUT2D eigenvalue weighted by Crippen LogP contribution is 2.30. The summed E-state index contributed by atoms with van der Waals surface area (Å²) in [6.45, 7) is 6.92. The number of nitrogens with two attached hydrogens (primary N) is 1. The molecule has 1 amide bonds. The van der Waals surface area contributed by atoms with Crippen molar-refractivity contribution in [3.63, 3.8) is 0 Å². The zero-order chi connectivity index (χ0) is 14.8. The lowest BCUT2D eigenvalue weighted by Gasteiger charge is -2.29. The second kappa shape index (κ2) is 5.95. The molecule has 20 heavy (non-hydrogen) atoms. The standard InChI is InChI=1S/C15H26N4O/c1-15(2,3)12-8-13(19-18-12)17-14(20)11-7-5-4-6-10(11)9-16/h8,10-11H,4-7,9,16H2,1-3H3,(H2,17,18,19,20). The van der Waals surface area contributed by atoms with E-state index in [1.54, 1.807) is 0 Å². The van der Waals surface area contributed by atoms with Crippen LogP contribution in [0.2, 0.25) is 0 Å². The Morgan fingerprint density at radius 1 is 1.45 bits per heavy atom. The monoisotopic (exact) mass is 278 g/mol. The van der Waals surface area contributed by atoms with Crippen LogP contribution >= 0.6 is 0 Å². The number of carbonyl (C=O) groups is 1. The Morgan fingerprint density at radius 2 is 2.15 bits per heavy atom. The van der Waals surface area contributed by atoms with Gasteiger partial charge in [-0.1, -0.05) is 33.6 Å². The van der Waals surface area contributed by atoms with E-state index in [-0.39, 0.29) is 17.2 Å². The molecule has 4 N–H and O–H groups in total. The van der Waals surface area contributed by atoms with Gasteiger partial charge in [0.2, 0.25) is 5.91 Å². The highest BCUT2D eigenvalue weighted by atomic mass is 16.2. The number of hydrogen-bond donors (Lipinski definition) is 3. The average molecular weight is 278 g/mol. The van der Waals surface area contributed by atoms with Crippen LogP contribution in [0.4, 0.5) is 5.82 Å². The highest BCUT2D eigenvalue weighted by molar-refractivity contribution is 5.92. The van der Waals surface area contributed by atoms with Crippen LogP contribution in [0, 0.1) is 11.8 Å². The molecule has 112 valence electrons. The Balaban J connectivity index is 2.02. The minimum absolute atomic E-state index is 0.000605. The predicted molar refractivity (Wildman–Crippen MR) is 80.4 cm³/mol. The van der Waals surface area contributed by atoms with Gasteiger partial charge in [-0.05, 0) is 25.3 Å². The van der Waals surface area contributed by atoms with Gasteiger partial charge in [-0.15, -0.1) is 0 Å². The fraction of sp³-hybridized carbons (Fsp3) is 0.733. The first kappa shape index (κ1) is 15.0. The number of hydrogen-bond acceptors (Lipinski definition) is 3. The SMILES string of the molecule is CC(C)(C)c1cc(NC(=O)C2CCCCC2CN)n[nH]1. The van der Waals surface area contributed by atoms with Gasteiger partial charge in [0.15, 0.2) is 5.82 Å². The summed E-state index contributed by atoms with van der Waals surface area (Å²) in [6.07, 6.45) is 4.29. The summed E-state index contributed by atoms with van der Waals surface area (Å²) in [4.78, 5) is 12.4. The van der Waals surface area contributed by atoms with E-state index in [0.29, 0.717) is 18.3 Å². The van der Waals surface area contributed by atoms with E-state index in [1.165, 1.54) is 6.42 Å². The van der Waals surface area contributed by atoms with Gasteiger partial charge in [0.25, 0.3) is 0 Å². The van der Waals surface area contributed by atoms with Crippen molar-refractivity contribution in [3.05, 3.63) is 11.8 Å². The third-order valence-electron chi connectivity index (χ3n) is 4.19. The second-order valence-corrected chi connectivity index (χ2v) is 6.79. The number of aromatic nitrogens is 2. The number of anilines is 1. The minimum Gasteiger partial charge on any atom is -0.330 e. The zero-order valence-electron chi connectivity index (χ0n) is 12.7. The fourth-order valence-corrected chi connectivity index (χ4v) is 2.82. The summed E-state index contributed by atoms with van der Waals surface area (Å²) in [6, 6.07) is 1.91. The lowest BCUT2D eigenvalue weighted by atomic mass is 9.79. The van der Waals surface area contributed by atoms with Crippen LogP contribution in [0.5, 0.6) is 0 Å². The van der Waals surface area contributed by atoms with E-state index in [9.17, 15) is 4.79 Å². The minimum atomic E-state index is 0.000605. The molecule has 0 aliphatic heterocycles. The number of H-pyrrole nitrogens is 1. The van der Waals surface area contributed by atoms with Crippen LogP contribution < -0.4 is 11.1 Å². The lowest BCUT2D eigenvalue weighted by molar-refractivity contribution is -0.122. The fourth-order valence-electron chi connectivity index (χ4n) is 2.82. The number of aromatic amines is 1. The quantitative estimate of drug-likeness (QED) is 0.794. The summed E-state index contributed by atoms with van der Waals surface area (Å²) < 4.78 is 0. The van der Waals surface area contributed by atoms with Crippen LogP contribution in [0.15, 0.2) is 6.07 Å². The van der Waals surface area contributed by atoms with Crippen molar-refractivity contribution in [1.82, 2.24) is 10.2 Å². The molecule has 2 atom stereocenters. The Morgan fingerprint density at radius 3 is 2.75 bits per heavy atom. The van der Waals surface area contributed by atoms with Crippen molar-refractivity contribution >= 4 is 11.7 Å². The molecule has 2 rings (SSSR count). The smallest absolute Gasteiger partial charge is 0.229 e. The molecule has 1 aromatic rings. The molecule has 5 heteroatoms. The molecule has 5 nitrogen and oxygen atoms in total. The molecule has 0 bridgehead atoms. The second-order valence-electron chi connectivity index (χ2n) is 6.79. The van der Waals surface area contributed by atoms with E-state index >= 15 is 0 Å². The zero-order valence-corrected chi connectivity index (χ0v) is 12.7. The lowest BCUT2D eigenvalue weighted by Crippen LogP contribution is -2.35. The first-order chi connectivity index (χ1) is 9.41. The maximum atomic E-state index is 12.4. The normalized spacial score (nSPS) is 23.6. The topological polar surface area (TPSA) is 83.8 Å². The molecule has 2 unspecified atom stereocenters. The molecule has 0 saturated heterocycles. The maximum Gasteiger partial charge on any atom is 0.229 e. The summed E-state index contributed by atoms with van der Waals surface area (Å²) in [5.41, 5.74) is 6.81. The van der Waals surface area contributed by atoms with E-state index in [4.69, 9.17) is 5.73 Å². The predicted octanol–water partition coefficient (Wildman–Crippen LogP) is 2.41. The van der Waals surface area contributed by atoms with Crippen LogP contribution in [0.1, 0.15) is 52.1 Å². The van der Waals surface area contributed by atoms with Crippen LogP contribution in [-0.4, -0.2) is 22.6 Å². The molecular weight excluding hydrogens is 252 g/mol. The van der Waals surface area contributed by atoms with Crippen LogP contribution in [0.3, 0.4) is 0 Å². The molecule has 1 saturated carbocycles. The van der Waals surface area contributed by atoms with Gasteiger partial charge in [0.05, 0.1) is 0 Å². The molecule has 0 radical (unpaired) electrons. The summed E-state index contributed by atoms with van der Waals surface area (Å²) in [5.74, 6) is 1.02. The first-order valence-corrected chi connectivity index (χ1v) is 7.48. The van der Waals surface area contributed by atoms with Crippen molar-refractivity contribution in [2.75, 3.05) is 11.9 Å². The van der Waals surface area contributed by atoms with Crippen molar-refractivity contribution in [1.29, 1.82) is 0 Å². The largest absolute Gasteiger partial charge is 0.330 e. The number of carbonyl (C=O) groups excluding carboxylic acids is 1. The molecular formula is C15H26N4O. The van der Waals surface area contributed by atoms with Crippen LogP contribution in [-0.2, 0) is 10.2 Å². The molecule has 1 fully saturated rings. The van der Waals surface area contributed by atoms with Crippen molar-refractivity contribution < 1.29 is 4.79 Å². The first-order valence-electron chi connectivity index (χ1n) is 7.48. The Bertz CT molecular complexity index is 461. The molecule has 1 aromatic heterocycles. The van der Waals surface area contributed by atoms with Gasteiger partial charge in [-0.2, -0.15) is 5.10 Å². The summed E-state index contributed by atoms with van der Waals surface area (Å²) >= 11 is 0. The Hall–Kier alpha value is -1.36. The van der Waals surface area contributed by atoms with Gasteiger partial charge in [0, 0.05) is 23.1 Å². The molecule has 1 heterocycles. The average Bonchev–Trinajstić information content (AvgIpc) is 2.87. The van der Waals surface area contributed by atoms with Crippen molar-refractivity contribution in [2.45, 2.75) is 51.9 Å².